The van der Waals surface area contributed by atoms with Crippen LogP contribution in [0.2, 0.25) is 5.02 Å². The van der Waals surface area contributed by atoms with Crippen LogP contribution in [-0.4, -0.2) is 13.4 Å². The Bertz CT molecular complexity index is 721. The van der Waals surface area contributed by atoms with E-state index in [0.29, 0.717) is 0 Å². The predicted molar refractivity (Wildman–Crippen MR) is 65.9 cm³/mol. The first kappa shape index (κ1) is 12.6. The lowest BCUT2D eigenvalue weighted by atomic mass is 10.2. The molecule has 0 aliphatic rings. The van der Waals surface area contributed by atoms with Crippen LogP contribution in [0.25, 0.3) is 0 Å². The zero-order valence-corrected chi connectivity index (χ0v) is 10.6. The molecule has 6 heteroatoms. The van der Waals surface area contributed by atoms with Gasteiger partial charge in [-0.2, -0.15) is 5.26 Å². The highest BCUT2D eigenvalue weighted by Crippen LogP contribution is 2.24. The van der Waals surface area contributed by atoms with Crippen LogP contribution in [0.3, 0.4) is 0 Å². The Kier molecular flexibility index (Phi) is 3.32. The molecule has 0 saturated heterocycles. The van der Waals surface area contributed by atoms with Crippen molar-refractivity contribution in [3.63, 3.8) is 0 Å². The van der Waals surface area contributed by atoms with Crippen LogP contribution < -0.4 is 0 Å². The third kappa shape index (κ3) is 2.35. The van der Waals surface area contributed by atoms with Crippen LogP contribution in [-0.2, 0) is 9.84 Å². The number of hydrogen-bond donors (Lipinski definition) is 0. The average Bonchev–Trinajstić information content (AvgIpc) is 2.39. The minimum Gasteiger partial charge on any atom is -0.265 e. The predicted octanol–water partition coefficient (Wildman–Crippen LogP) is 2.44. The van der Waals surface area contributed by atoms with Crippen LogP contribution in [0, 0.1) is 11.3 Å². The molecule has 0 saturated carbocycles. The fraction of sp³-hybridized carbons (Fsp3) is 0. The number of sulfone groups is 1. The molecule has 0 spiro atoms. The molecule has 0 aliphatic carbocycles. The first-order chi connectivity index (χ1) is 8.54. The summed E-state index contributed by atoms with van der Waals surface area (Å²) in [6, 6.07) is 8.67. The summed E-state index contributed by atoms with van der Waals surface area (Å²) >= 11 is 5.79. The van der Waals surface area contributed by atoms with Gasteiger partial charge < -0.3 is 0 Å². The molecule has 2 rings (SSSR count). The first-order valence-corrected chi connectivity index (χ1v) is 6.76. The Morgan fingerprint density at radius 1 is 1.11 bits per heavy atom. The fourth-order valence-corrected chi connectivity index (χ4v) is 3.05. The highest BCUT2D eigenvalue weighted by molar-refractivity contribution is 7.91. The van der Waals surface area contributed by atoms with E-state index in [2.05, 4.69) is 4.98 Å². The van der Waals surface area contributed by atoms with E-state index in [1.807, 2.05) is 6.07 Å². The molecule has 1 aromatic carbocycles. The zero-order chi connectivity index (χ0) is 13.2. The molecule has 1 heterocycles. The van der Waals surface area contributed by atoms with Crippen LogP contribution >= 0.6 is 11.6 Å². The third-order valence-corrected chi connectivity index (χ3v) is 4.24. The number of hydrogen-bond acceptors (Lipinski definition) is 4. The number of halogens is 1. The van der Waals surface area contributed by atoms with Crippen LogP contribution in [0.15, 0.2) is 52.5 Å². The van der Waals surface area contributed by atoms with Gasteiger partial charge in [-0.25, -0.2) is 8.42 Å². The Balaban J connectivity index is 2.63. The molecular formula is C12H7ClN2O2S. The molecule has 2 aromatic rings. The van der Waals surface area contributed by atoms with E-state index < -0.39 is 9.84 Å². The van der Waals surface area contributed by atoms with Gasteiger partial charge in [-0.15, -0.1) is 0 Å². The maximum atomic E-state index is 12.3. The van der Waals surface area contributed by atoms with Gasteiger partial charge in [0.15, 0.2) is 0 Å². The van der Waals surface area contributed by atoms with E-state index in [1.54, 1.807) is 0 Å². The van der Waals surface area contributed by atoms with Gasteiger partial charge in [0.1, 0.15) is 0 Å². The number of nitrogens with zero attached hydrogens (tertiary/aromatic N) is 2. The van der Waals surface area contributed by atoms with Gasteiger partial charge in [-0.05, 0) is 30.3 Å². The topological polar surface area (TPSA) is 70.8 Å². The molecular weight excluding hydrogens is 272 g/mol. The van der Waals surface area contributed by atoms with Crippen molar-refractivity contribution in [2.24, 2.45) is 0 Å². The zero-order valence-electron chi connectivity index (χ0n) is 9.04. The van der Waals surface area contributed by atoms with E-state index >= 15 is 0 Å². The second-order valence-electron chi connectivity index (χ2n) is 3.47. The van der Waals surface area contributed by atoms with E-state index in [1.165, 1.54) is 42.7 Å². The van der Waals surface area contributed by atoms with Gasteiger partial charge in [-0.1, -0.05) is 11.6 Å². The number of pyridine rings is 1. The van der Waals surface area contributed by atoms with Gasteiger partial charge in [0.05, 0.1) is 21.4 Å². The van der Waals surface area contributed by atoms with Crippen LogP contribution in [0.1, 0.15) is 5.56 Å². The number of aromatic nitrogens is 1. The maximum Gasteiger partial charge on any atom is 0.206 e. The van der Waals surface area contributed by atoms with E-state index in [4.69, 9.17) is 16.9 Å². The second kappa shape index (κ2) is 4.77. The quantitative estimate of drug-likeness (QED) is 0.846. The van der Waals surface area contributed by atoms with Crippen molar-refractivity contribution in [1.29, 1.82) is 5.26 Å². The number of nitriles is 1. The summed E-state index contributed by atoms with van der Waals surface area (Å²) in [6.45, 7) is 0. The summed E-state index contributed by atoms with van der Waals surface area (Å²) in [7, 11) is -3.67. The van der Waals surface area contributed by atoms with Gasteiger partial charge in [-0.3, -0.25) is 4.98 Å². The van der Waals surface area contributed by atoms with Crippen molar-refractivity contribution in [2.75, 3.05) is 0 Å². The summed E-state index contributed by atoms with van der Waals surface area (Å²) < 4.78 is 24.5. The third-order valence-electron chi connectivity index (χ3n) is 2.27. The van der Waals surface area contributed by atoms with Gasteiger partial charge in [0.25, 0.3) is 0 Å². The lowest BCUT2D eigenvalue weighted by Gasteiger charge is -2.05. The minimum atomic E-state index is -3.67. The summed E-state index contributed by atoms with van der Waals surface area (Å²) in [4.78, 5) is 3.87. The smallest absolute Gasteiger partial charge is 0.206 e. The monoisotopic (exact) mass is 278 g/mol. The molecule has 0 atom stereocenters. The van der Waals surface area contributed by atoms with Gasteiger partial charge in [0.2, 0.25) is 9.84 Å². The molecule has 0 unspecified atom stereocenters. The standard InChI is InChI=1S/C12H7ClN2O2S/c13-10-5-9(8-14)6-12(7-10)18(16,17)11-1-3-15-4-2-11/h1-7H. The van der Waals surface area contributed by atoms with Crippen LogP contribution in [0.4, 0.5) is 0 Å². The SMILES string of the molecule is N#Cc1cc(Cl)cc(S(=O)(=O)c2ccncc2)c1. The lowest BCUT2D eigenvalue weighted by molar-refractivity contribution is 0.596. The summed E-state index contributed by atoms with van der Waals surface area (Å²) in [6.07, 6.45) is 2.78. The molecule has 0 radical (unpaired) electrons. The molecule has 0 bridgehead atoms. The largest absolute Gasteiger partial charge is 0.265 e. The average molecular weight is 279 g/mol. The molecule has 4 nitrogen and oxygen atoms in total. The number of rotatable bonds is 2. The Morgan fingerprint density at radius 2 is 1.78 bits per heavy atom. The molecule has 0 N–H and O–H groups in total. The Labute approximate surface area is 109 Å². The molecule has 1 aromatic heterocycles. The molecule has 0 amide bonds. The van der Waals surface area contributed by atoms with Crippen LogP contribution in [0.5, 0.6) is 0 Å². The van der Waals surface area contributed by atoms with Gasteiger partial charge in [0, 0.05) is 17.4 Å². The van der Waals surface area contributed by atoms with Gasteiger partial charge >= 0.3 is 0 Å². The first-order valence-electron chi connectivity index (χ1n) is 4.90. The molecule has 18 heavy (non-hydrogen) atoms. The molecule has 90 valence electrons. The fourth-order valence-electron chi connectivity index (χ4n) is 1.44. The van der Waals surface area contributed by atoms with E-state index in [9.17, 15) is 8.42 Å². The van der Waals surface area contributed by atoms with Crippen molar-refractivity contribution in [2.45, 2.75) is 9.79 Å². The molecule has 0 aliphatic heterocycles. The normalized spacial score (nSPS) is 10.9. The van der Waals surface area contributed by atoms with E-state index in [0.717, 1.165) is 0 Å². The minimum absolute atomic E-state index is 0.00208. The second-order valence-corrected chi connectivity index (χ2v) is 5.86. The molecule has 0 fully saturated rings. The van der Waals surface area contributed by atoms with Crippen molar-refractivity contribution < 1.29 is 8.42 Å². The maximum absolute atomic E-state index is 12.3. The number of benzene rings is 1. The highest BCUT2D eigenvalue weighted by atomic mass is 35.5. The van der Waals surface area contributed by atoms with E-state index in [-0.39, 0.29) is 20.4 Å². The van der Waals surface area contributed by atoms with Crippen molar-refractivity contribution in [1.82, 2.24) is 4.98 Å². The summed E-state index contributed by atoms with van der Waals surface area (Å²) in [5.74, 6) is 0. The Hall–Kier alpha value is -1.90. The summed E-state index contributed by atoms with van der Waals surface area (Å²) in [5, 5.41) is 9.02. The Morgan fingerprint density at radius 3 is 2.39 bits per heavy atom. The van der Waals surface area contributed by atoms with Crippen molar-refractivity contribution in [3.05, 3.63) is 53.3 Å². The lowest BCUT2D eigenvalue weighted by Crippen LogP contribution is -2.02. The highest BCUT2D eigenvalue weighted by Gasteiger charge is 2.18. The van der Waals surface area contributed by atoms with Crippen molar-refractivity contribution in [3.8, 4) is 6.07 Å². The summed E-state index contributed by atoms with van der Waals surface area (Å²) in [5.41, 5.74) is 0.204. The van der Waals surface area contributed by atoms with Crippen molar-refractivity contribution >= 4 is 21.4 Å².